The van der Waals surface area contributed by atoms with E-state index in [1.165, 1.54) is 12.1 Å². The number of rotatable bonds is 5. The minimum atomic E-state index is -0.253. The highest BCUT2D eigenvalue weighted by Crippen LogP contribution is 2.19. The number of amides is 1. The first-order valence-corrected chi connectivity index (χ1v) is 7.66. The van der Waals surface area contributed by atoms with Crippen molar-refractivity contribution in [2.75, 3.05) is 6.54 Å². The van der Waals surface area contributed by atoms with Gasteiger partial charge in [-0.1, -0.05) is 12.1 Å². The van der Waals surface area contributed by atoms with Crippen molar-refractivity contribution in [3.63, 3.8) is 0 Å². The highest BCUT2D eigenvalue weighted by Gasteiger charge is 2.14. The maximum Gasteiger partial charge on any atom is 0.267 e. The van der Waals surface area contributed by atoms with Crippen molar-refractivity contribution < 1.29 is 9.18 Å². The lowest BCUT2D eigenvalue weighted by Gasteiger charge is -2.12. The van der Waals surface area contributed by atoms with E-state index in [-0.39, 0.29) is 17.8 Å². The van der Waals surface area contributed by atoms with Crippen molar-refractivity contribution in [3.05, 3.63) is 58.1 Å². The molecule has 0 fully saturated rings. The second kappa shape index (κ2) is 6.89. The Bertz CT molecular complexity index is 637. The SMILES string of the molecule is CC(C)n1cc(Br)cc1C(=O)NCCc1cccc(F)c1. The fraction of sp³-hybridized carbons (Fsp3) is 0.312. The van der Waals surface area contributed by atoms with Gasteiger partial charge >= 0.3 is 0 Å². The van der Waals surface area contributed by atoms with Gasteiger partial charge in [0, 0.05) is 23.3 Å². The van der Waals surface area contributed by atoms with E-state index in [9.17, 15) is 9.18 Å². The number of carbonyl (C=O) groups is 1. The second-order valence-electron chi connectivity index (χ2n) is 5.18. The summed E-state index contributed by atoms with van der Waals surface area (Å²) in [5.41, 5.74) is 1.49. The van der Waals surface area contributed by atoms with Crippen LogP contribution in [0.15, 0.2) is 41.0 Å². The molecule has 0 aliphatic carbocycles. The Labute approximate surface area is 132 Å². The van der Waals surface area contributed by atoms with Crippen LogP contribution in [0, 0.1) is 5.82 Å². The van der Waals surface area contributed by atoms with E-state index >= 15 is 0 Å². The Balaban J connectivity index is 1.96. The molecule has 0 spiro atoms. The van der Waals surface area contributed by atoms with Crippen LogP contribution in [0.2, 0.25) is 0 Å². The Morgan fingerprint density at radius 1 is 1.38 bits per heavy atom. The Morgan fingerprint density at radius 2 is 2.14 bits per heavy atom. The molecule has 2 rings (SSSR count). The number of halogens is 2. The van der Waals surface area contributed by atoms with Gasteiger partial charge in [0.2, 0.25) is 0 Å². The molecule has 0 saturated carbocycles. The van der Waals surface area contributed by atoms with Crippen LogP contribution in [-0.2, 0) is 6.42 Å². The molecule has 5 heteroatoms. The minimum Gasteiger partial charge on any atom is -0.350 e. The molecule has 21 heavy (non-hydrogen) atoms. The molecule has 1 aromatic carbocycles. The molecule has 1 aromatic heterocycles. The third kappa shape index (κ3) is 4.17. The van der Waals surface area contributed by atoms with E-state index in [2.05, 4.69) is 21.2 Å². The van der Waals surface area contributed by atoms with E-state index < -0.39 is 0 Å². The molecule has 0 radical (unpaired) electrons. The maximum atomic E-state index is 13.1. The number of carbonyl (C=O) groups excluding carboxylic acids is 1. The molecular weight excluding hydrogens is 335 g/mol. The zero-order chi connectivity index (χ0) is 15.4. The molecule has 0 atom stereocenters. The summed E-state index contributed by atoms with van der Waals surface area (Å²) >= 11 is 3.39. The summed E-state index contributed by atoms with van der Waals surface area (Å²) in [6.07, 6.45) is 2.50. The van der Waals surface area contributed by atoms with Gasteiger partial charge in [-0.3, -0.25) is 4.79 Å². The fourth-order valence-corrected chi connectivity index (χ4v) is 2.60. The third-order valence-electron chi connectivity index (χ3n) is 3.19. The van der Waals surface area contributed by atoms with E-state index in [0.717, 1.165) is 10.0 Å². The van der Waals surface area contributed by atoms with Crippen LogP contribution in [0.1, 0.15) is 35.9 Å². The first-order valence-electron chi connectivity index (χ1n) is 6.87. The molecule has 0 unspecified atom stereocenters. The molecule has 3 nitrogen and oxygen atoms in total. The molecule has 0 aliphatic rings. The monoisotopic (exact) mass is 352 g/mol. The molecule has 0 saturated heterocycles. The number of aromatic nitrogens is 1. The molecular formula is C16H18BrFN2O. The number of hydrogen-bond acceptors (Lipinski definition) is 1. The van der Waals surface area contributed by atoms with Crippen LogP contribution >= 0.6 is 15.9 Å². The Hall–Kier alpha value is -1.62. The summed E-state index contributed by atoms with van der Waals surface area (Å²) in [7, 11) is 0. The maximum absolute atomic E-state index is 13.1. The lowest BCUT2D eigenvalue weighted by Crippen LogP contribution is -2.28. The third-order valence-corrected chi connectivity index (χ3v) is 3.63. The quantitative estimate of drug-likeness (QED) is 0.868. The zero-order valence-electron chi connectivity index (χ0n) is 12.1. The molecule has 0 aliphatic heterocycles. The van der Waals surface area contributed by atoms with Gasteiger partial charge in [0.1, 0.15) is 11.5 Å². The lowest BCUT2D eigenvalue weighted by molar-refractivity contribution is 0.0943. The molecule has 0 bridgehead atoms. The summed E-state index contributed by atoms with van der Waals surface area (Å²) in [4.78, 5) is 12.2. The second-order valence-corrected chi connectivity index (χ2v) is 6.10. The van der Waals surface area contributed by atoms with Crippen molar-refractivity contribution in [3.8, 4) is 0 Å². The summed E-state index contributed by atoms with van der Waals surface area (Å²) in [5, 5.41) is 2.87. The van der Waals surface area contributed by atoms with Crippen molar-refractivity contribution in [2.24, 2.45) is 0 Å². The number of benzene rings is 1. The van der Waals surface area contributed by atoms with Crippen LogP contribution < -0.4 is 5.32 Å². The predicted molar refractivity (Wildman–Crippen MR) is 85.0 cm³/mol. The number of hydrogen-bond donors (Lipinski definition) is 1. The molecule has 2 aromatic rings. The normalized spacial score (nSPS) is 10.9. The van der Waals surface area contributed by atoms with Crippen LogP contribution in [0.5, 0.6) is 0 Å². The first-order chi connectivity index (χ1) is 9.97. The first kappa shape index (κ1) is 15.8. The van der Waals surface area contributed by atoms with Gasteiger partial charge in [0.15, 0.2) is 0 Å². The topological polar surface area (TPSA) is 34.0 Å². The van der Waals surface area contributed by atoms with Crippen molar-refractivity contribution in [2.45, 2.75) is 26.3 Å². The summed E-state index contributed by atoms with van der Waals surface area (Å²) < 4.78 is 15.9. The van der Waals surface area contributed by atoms with Gasteiger partial charge in [-0.25, -0.2) is 4.39 Å². The highest BCUT2D eigenvalue weighted by molar-refractivity contribution is 9.10. The number of nitrogens with one attached hydrogen (secondary N) is 1. The summed E-state index contributed by atoms with van der Waals surface area (Å²) in [6, 6.07) is 8.43. The molecule has 1 N–H and O–H groups in total. The van der Waals surface area contributed by atoms with Gasteiger partial charge in [0.25, 0.3) is 5.91 Å². The largest absolute Gasteiger partial charge is 0.350 e. The van der Waals surface area contributed by atoms with Crippen molar-refractivity contribution >= 4 is 21.8 Å². The van der Waals surface area contributed by atoms with Crippen LogP contribution in [-0.4, -0.2) is 17.0 Å². The van der Waals surface area contributed by atoms with Crippen molar-refractivity contribution in [1.29, 1.82) is 0 Å². The van der Waals surface area contributed by atoms with Gasteiger partial charge in [-0.15, -0.1) is 0 Å². The van der Waals surface area contributed by atoms with E-state index in [1.54, 1.807) is 12.1 Å². The Kier molecular flexibility index (Phi) is 5.17. The van der Waals surface area contributed by atoms with E-state index in [0.29, 0.717) is 18.7 Å². The van der Waals surface area contributed by atoms with Gasteiger partial charge in [0.05, 0.1) is 0 Å². The molecule has 1 heterocycles. The zero-order valence-corrected chi connectivity index (χ0v) is 13.7. The summed E-state index contributed by atoms with van der Waals surface area (Å²) in [6.45, 7) is 4.52. The lowest BCUT2D eigenvalue weighted by atomic mass is 10.1. The smallest absolute Gasteiger partial charge is 0.267 e. The average molecular weight is 353 g/mol. The molecule has 112 valence electrons. The Morgan fingerprint density at radius 3 is 2.81 bits per heavy atom. The van der Waals surface area contributed by atoms with E-state index in [4.69, 9.17) is 0 Å². The van der Waals surface area contributed by atoms with Gasteiger partial charge < -0.3 is 9.88 Å². The van der Waals surface area contributed by atoms with Crippen LogP contribution in [0.25, 0.3) is 0 Å². The summed E-state index contributed by atoms with van der Waals surface area (Å²) in [5.74, 6) is -0.373. The van der Waals surface area contributed by atoms with Gasteiger partial charge in [-0.2, -0.15) is 0 Å². The fourth-order valence-electron chi connectivity index (χ4n) is 2.16. The van der Waals surface area contributed by atoms with Crippen LogP contribution in [0.3, 0.4) is 0 Å². The highest BCUT2D eigenvalue weighted by atomic mass is 79.9. The van der Waals surface area contributed by atoms with Crippen molar-refractivity contribution in [1.82, 2.24) is 9.88 Å². The van der Waals surface area contributed by atoms with Gasteiger partial charge in [-0.05, 0) is 60.0 Å². The predicted octanol–water partition coefficient (Wildman–Crippen LogP) is 3.94. The van der Waals surface area contributed by atoms with Crippen LogP contribution in [0.4, 0.5) is 4.39 Å². The molecule has 1 amide bonds. The number of nitrogens with zero attached hydrogens (tertiary/aromatic N) is 1. The van der Waals surface area contributed by atoms with E-state index in [1.807, 2.05) is 30.7 Å². The average Bonchev–Trinajstić information content (AvgIpc) is 2.81. The standard InChI is InChI=1S/C16H18BrFN2O/c1-11(2)20-10-13(17)9-15(20)16(21)19-7-6-12-4-3-5-14(18)8-12/h3-5,8-11H,6-7H2,1-2H3,(H,19,21). The minimum absolute atomic E-state index is 0.120.